The Kier molecular flexibility index (Phi) is 3.93. The van der Waals surface area contributed by atoms with Crippen LogP contribution < -0.4 is 0 Å². The highest BCUT2D eigenvalue weighted by Gasteiger charge is 2.32. The van der Waals surface area contributed by atoms with E-state index in [1.807, 2.05) is 39.6 Å². The average Bonchev–Trinajstić information content (AvgIpc) is 2.60. The number of carboxylic acids is 1. The van der Waals surface area contributed by atoms with Crippen LogP contribution in [0.1, 0.15) is 44.7 Å². The SMILES string of the molecule is Cc1ncoc1C(C)N(C)C(C)(C)CC(=O)O. The first-order valence-electron chi connectivity index (χ1n) is 5.60. The minimum Gasteiger partial charge on any atom is -0.481 e. The molecule has 0 fully saturated rings. The highest BCUT2D eigenvalue weighted by atomic mass is 16.4. The van der Waals surface area contributed by atoms with Gasteiger partial charge in [-0.1, -0.05) is 0 Å². The lowest BCUT2D eigenvalue weighted by atomic mass is 9.96. The number of aliphatic carboxylic acids is 1. The normalized spacial score (nSPS) is 14.0. The van der Waals surface area contributed by atoms with Crippen LogP contribution in [-0.4, -0.2) is 33.5 Å². The molecule has 0 saturated carbocycles. The van der Waals surface area contributed by atoms with Crippen LogP contribution in [0, 0.1) is 6.92 Å². The zero-order chi connectivity index (χ0) is 13.2. The van der Waals surface area contributed by atoms with Gasteiger partial charge in [-0.25, -0.2) is 4.98 Å². The molecule has 0 saturated heterocycles. The first kappa shape index (κ1) is 13.7. The molecule has 1 aromatic rings. The lowest BCUT2D eigenvalue weighted by Gasteiger charge is -2.38. The van der Waals surface area contributed by atoms with Crippen molar-refractivity contribution in [3.8, 4) is 0 Å². The van der Waals surface area contributed by atoms with Crippen molar-refractivity contribution in [3.63, 3.8) is 0 Å². The summed E-state index contributed by atoms with van der Waals surface area (Å²) < 4.78 is 5.35. The topological polar surface area (TPSA) is 66.6 Å². The maximum atomic E-state index is 10.8. The largest absolute Gasteiger partial charge is 0.481 e. The third-order valence-corrected chi connectivity index (χ3v) is 3.28. The average molecular weight is 240 g/mol. The lowest BCUT2D eigenvalue weighted by molar-refractivity contribution is -0.140. The summed E-state index contributed by atoms with van der Waals surface area (Å²) in [5.74, 6) is -0.0192. The van der Waals surface area contributed by atoms with Crippen molar-refractivity contribution in [2.24, 2.45) is 0 Å². The second-order valence-corrected chi connectivity index (χ2v) is 4.97. The van der Waals surface area contributed by atoms with Gasteiger partial charge in [0.25, 0.3) is 0 Å². The van der Waals surface area contributed by atoms with Gasteiger partial charge in [0.15, 0.2) is 6.39 Å². The number of carbonyl (C=O) groups is 1. The van der Waals surface area contributed by atoms with Crippen molar-refractivity contribution in [1.29, 1.82) is 0 Å². The number of oxazole rings is 1. The quantitative estimate of drug-likeness (QED) is 0.854. The summed E-state index contributed by atoms with van der Waals surface area (Å²) in [6.45, 7) is 7.68. The summed E-state index contributed by atoms with van der Waals surface area (Å²) >= 11 is 0. The molecule has 1 heterocycles. The van der Waals surface area contributed by atoms with Gasteiger partial charge in [-0.2, -0.15) is 0 Å². The summed E-state index contributed by atoms with van der Waals surface area (Å²) in [4.78, 5) is 16.9. The van der Waals surface area contributed by atoms with Crippen LogP contribution in [0.5, 0.6) is 0 Å². The number of nitrogens with zero attached hydrogens (tertiary/aromatic N) is 2. The van der Waals surface area contributed by atoms with Gasteiger partial charge in [-0.05, 0) is 34.7 Å². The molecule has 0 spiro atoms. The number of aromatic nitrogens is 1. The standard InChI is InChI=1S/C12H20N2O3/c1-8-11(17-7-13-8)9(2)14(5)12(3,4)6-10(15)16/h7,9H,6H2,1-5H3,(H,15,16). The molecule has 0 aliphatic rings. The Morgan fingerprint density at radius 1 is 1.65 bits per heavy atom. The Balaban J connectivity index is 2.86. The predicted molar refractivity (Wildman–Crippen MR) is 63.7 cm³/mol. The molecule has 5 heteroatoms. The highest BCUT2D eigenvalue weighted by molar-refractivity contribution is 5.68. The molecule has 17 heavy (non-hydrogen) atoms. The molecule has 0 amide bonds. The minimum atomic E-state index is -0.802. The Morgan fingerprint density at radius 2 is 2.24 bits per heavy atom. The van der Waals surface area contributed by atoms with E-state index in [1.165, 1.54) is 6.39 Å². The van der Waals surface area contributed by atoms with Gasteiger partial charge in [0.2, 0.25) is 0 Å². The Morgan fingerprint density at radius 3 is 2.65 bits per heavy atom. The molecule has 0 radical (unpaired) electrons. The molecule has 1 N–H and O–H groups in total. The smallest absolute Gasteiger partial charge is 0.305 e. The fourth-order valence-corrected chi connectivity index (χ4v) is 1.91. The molecular weight excluding hydrogens is 220 g/mol. The number of aryl methyl sites for hydroxylation is 1. The summed E-state index contributed by atoms with van der Waals surface area (Å²) in [7, 11) is 1.90. The minimum absolute atomic E-state index is 0.00755. The van der Waals surface area contributed by atoms with E-state index in [0.717, 1.165) is 11.5 Å². The fraction of sp³-hybridized carbons (Fsp3) is 0.667. The third kappa shape index (κ3) is 3.06. The van der Waals surface area contributed by atoms with Crippen molar-refractivity contribution in [1.82, 2.24) is 9.88 Å². The number of hydrogen-bond acceptors (Lipinski definition) is 4. The molecule has 0 aliphatic heterocycles. The van der Waals surface area contributed by atoms with Crippen LogP contribution in [0.15, 0.2) is 10.8 Å². The summed E-state index contributed by atoms with van der Waals surface area (Å²) in [5.41, 5.74) is 0.403. The third-order valence-electron chi connectivity index (χ3n) is 3.28. The fourth-order valence-electron chi connectivity index (χ4n) is 1.91. The van der Waals surface area contributed by atoms with E-state index in [0.29, 0.717) is 0 Å². The van der Waals surface area contributed by atoms with Gasteiger partial charge in [0, 0.05) is 5.54 Å². The van der Waals surface area contributed by atoms with E-state index in [4.69, 9.17) is 9.52 Å². The number of carboxylic acid groups (broad SMARTS) is 1. The molecule has 1 unspecified atom stereocenters. The van der Waals surface area contributed by atoms with E-state index in [2.05, 4.69) is 4.98 Å². The highest BCUT2D eigenvalue weighted by Crippen LogP contribution is 2.29. The van der Waals surface area contributed by atoms with E-state index >= 15 is 0 Å². The number of rotatable bonds is 5. The van der Waals surface area contributed by atoms with Gasteiger partial charge in [-0.15, -0.1) is 0 Å². The molecule has 1 rings (SSSR count). The van der Waals surface area contributed by atoms with Crippen LogP contribution >= 0.6 is 0 Å². The van der Waals surface area contributed by atoms with Gasteiger partial charge in [-0.3, -0.25) is 9.69 Å². The monoisotopic (exact) mass is 240 g/mol. The lowest BCUT2D eigenvalue weighted by Crippen LogP contribution is -2.44. The van der Waals surface area contributed by atoms with E-state index in [9.17, 15) is 4.79 Å². The maximum absolute atomic E-state index is 10.8. The van der Waals surface area contributed by atoms with E-state index in [1.54, 1.807) is 0 Å². The van der Waals surface area contributed by atoms with E-state index < -0.39 is 11.5 Å². The van der Waals surface area contributed by atoms with Crippen LogP contribution in [0.2, 0.25) is 0 Å². The second-order valence-electron chi connectivity index (χ2n) is 4.97. The molecular formula is C12H20N2O3. The molecule has 0 aromatic carbocycles. The van der Waals surface area contributed by atoms with Gasteiger partial charge in [0.05, 0.1) is 18.2 Å². The predicted octanol–water partition coefficient (Wildman–Crippen LogP) is 2.23. The molecule has 1 aromatic heterocycles. The van der Waals surface area contributed by atoms with Crippen molar-refractivity contribution >= 4 is 5.97 Å². The summed E-state index contributed by atoms with van der Waals surface area (Å²) in [5, 5.41) is 8.90. The molecule has 0 aliphatic carbocycles. The van der Waals surface area contributed by atoms with E-state index in [-0.39, 0.29) is 12.5 Å². The number of hydrogen-bond donors (Lipinski definition) is 1. The maximum Gasteiger partial charge on any atom is 0.305 e. The van der Waals surface area contributed by atoms with Crippen molar-refractivity contribution < 1.29 is 14.3 Å². The van der Waals surface area contributed by atoms with Crippen LogP contribution in [-0.2, 0) is 4.79 Å². The van der Waals surface area contributed by atoms with Crippen LogP contribution in [0.3, 0.4) is 0 Å². The van der Waals surface area contributed by atoms with Crippen LogP contribution in [0.4, 0.5) is 0 Å². The summed E-state index contributed by atoms with van der Waals surface area (Å²) in [6, 6.07) is -0.00755. The van der Waals surface area contributed by atoms with Crippen molar-refractivity contribution in [2.75, 3.05) is 7.05 Å². The van der Waals surface area contributed by atoms with Crippen molar-refractivity contribution in [2.45, 2.75) is 45.7 Å². The molecule has 96 valence electrons. The summed E-state index contributed by atoms with van der Waals surface area (Å²) in [6.07, 6.45) is 1.50. The first-order valence-corrected chi connectivity index (χ1v) is 5.60. The molecule has 1 atom stereocenters. The van der Waals surface area contributed by atoms with Crippen molar-refractivity contribution in [3.05, 3.63) is 17.8 Å². The van der Waals surface area contributed by atoms with Gasteiger partial charge >= 0.3 is 5.97 Å². The zero-order valence-corrected chi connectivity index (χ0v) is 11.0. The Hall–Kier alpha value is -1.36. The Bertz CT molecular complexity index is 398. The van der Waals surface area contributed by atoms with Gasteiger partial charge in [0.1, 0.15) is 5.76 Å². The van der Waals surface area contributed by atoms with Crippen LogP contribution in [0.25, 0.3) is 0 Å². The van der Waals surface area contributed by atoms with Gasteiger partial charge < -0.3 is 9.52 Å². The zero-order valence-electron chi connectivity index (χ0n) is 11.0. The first-order chi connectivity index (χ1) is 7.75. The molecule has 0 bridgehead atoms. The second kappa shape index (κ2) is 4.87. The Labute approximate surface area is 101 Å². The molecule has 5 nitrogen and oxygen atoms in total.